The number of hydrogen-bond acceptors (Lipinski definition) is 7. The third kappa shape index (κ3) is 5.17. The smallest absolute Gasteiger partial charge is 0.414 e. The molecule has 1 fully saturated rings. The van der Waals surface area contributed by atoms with Crippen LogP contribution in [0.5, 0.6) is 5.95 Å². The molecule has 1 amide bonds. The van der Waals surface area contributed by atoms with E-state index in [1.807, 2.05) is 0 Å². The van der Waals surface area contributed by atoms with Crippen molar-refractivity contribution >= 4 is 33.2 Å². The Hall–Kier alpha value is -3.19. The Morgan fingerprint density at radius 3 is 2.61 bits per heavy atom. The SMILES string of the molecule is CS(=O)(=O)Nc1ccc(NC(=O)Oc2ccc(C#N)o2)c(N2CCCCC2)c1. The van der Waals surface area contributed by atoms with E-state index in [1.54, 1.807) is 24.3 Å². The summed E-state index contributed by atoms with van der Waals surface area (Å²) in [5.41, 5.74) is 1.59. The van der Waals surface area contributed by atoms with Gasteiger partial charge in [0.05, 0.1) is 23.3 Å². The van der Waals surface area contributed by atoms with Crippen LogP contribution in [0.25, 0.3) is 0 Å². The van der Waals surface area contributed by atoms with Crippen LogP contribution in [0.3, 0.4) is 0 Å². The molecule has 0 atom stereocenters. The molecule has 1 aliphatic heterocycles. The maximum absolute atomic E-state index is 12.2. The van der Waals surface area contributed by atoms with Gasteiger partial charge in [-0.25, -0.2) is 13.2 Å². The zero-order valence-electron chi connectivity index (χ0n) is 15.3. The van der Waals surface area contributed by atoms with Gasteiger partial charge in [-0.3, -0.25) is 10.0 Å². The number of carbonyl (C=O) groups is 1. The summed E-state index contributed by atoms with van der Waals surface area (Å²) in [7, 11) is -3.42. The monoisotopic (exact) mass is 404 g/mol. The van der Waals surface area contributed by atoms with E-state index in [9.17, 15) is 13.2 Å². The second-order valence-electron chi connectivity index (χ2n) is 6.40. The molecular weight excluding hydrogens is 384 g/mol. The summed E-state index contributed by atoms with van der Waals surface area (Å²) in [6, 6.07) is 9.44. The lowest BCUT2D eigenvalue weighted by Gasteiger charge is -2.31. The van der Waals surface area contributed by atoms with Crippen LogP contribution in [0.2, 0.25) is 0 Å². The van der Waals surface area contributed by atoms with Crippen molar-refractivity contribution in [3.05, 3.63) is 36.1 Å². The normalized spacial score (nSPS) is 14.2. The molecule has 1 saturated heterocycles. The predicted molar refractivity (Wildman–Crippen MR) is 104 cm³/mol. The highest BCUT2D eigenvalue weighted by molar-refractivity contribution is 7.92. The standard InChI is InChI=1S/C18H20N4O5S/c1-28(24,25)21-13-5-7-15(16(11-13)22-9-3-2-4-10-22)20-18(23)27-17-8-6-14(12-19)26-17/h5-8,11,21H,2-4,9-10H2,1H3,(H,20,23). The molecule has 0 spiro atoms. The molecule has 2 aromatic rings. The van der Waals surface area contributed by atoms with Crippen molar-refractivity contribution in [1.29, 1.82) is 5.26 Å². The summed E-state index contributed by atoms with van der Waals surface area (Å²) in [5, 5.41) is 11.4. The number of furan rings is 1. The van der Waals surface area contributed by atoms with E-state index >= 15 is 0 Å². The Morgan fingerprint density at radius 2 is 1.96 bits per heavy atom. The zero-order valence-corrected chi connectivity index (χ0v) is 16.1. The van der Waals surface area contributed by atoms with Crippen LogP contribution in [0.4, 0.5) is 21.9 Å². The van der Waals surface area contributed by atoms with Crippen LogP contribution < -0.4 is 19.7 Å². The first-order valence-electron chi connectivity index (χ1n) is 8.69. The van der Waals surface area contributed by atoms with Gasteiger partial charge in [0.25, 0.3) is 5.95 Å². The summed E-state index contributed by atoms with van der Waals surface area (Å²) in [4.78, 5) is 14.3. The molecule has 148 valence electrons. The number of rotatable bonds is 5. The highest BCUT2D eigenvalue weighted by atomic mass is 32.2. The van der Waals surface area contributed by atoms with Gasteiger partial charge in [-0.15, -0.1) is 0 Å². The molecule has 28 heavy (non-hydrogen) atoms. The molecule has 0 bridgehead atoms. The highest BCUT2D eigenvalue weighted by Crippen LogP contribution is 2.32. The zero-order chi connectivity index (χ0) is 20.1. The number of piperidine rings is 1. The van der Waals surface area contributed by atoms with Crippen molar-refractivity contribution < 1.29 is 22.4 Å². The topological polar surface area (TPSA) is 125 Å². The summed E-state index contributed by atoms with van der Waals surface area (Å²) in [5.74, 6) is -0.0584. The Balaban J connectivity index is 1.81. The largest absolute Gasteiger partial charge is 0.419 e. The fourth-order valence-electron chi connectivity index (χ4n) is 2.97. The first kappa shape index (κ1) is 19.6. The molecular formula is C18H20N4O5S. The van der Waals surface area contributed by atoms with Gasteiger partial charge in [-0.1, -0.05) is 0 Å². The molecule has 2 heterocycles. The van der Waals surface area contributed by atoms with Crippen molar-refractivity contribution in [2.24, 2.45) is 0 Å². The van der Waals surface area contributed by atoms with Gasteiger partial charge in [-0.05, 0) is 43.5 Å². The Morgan fingerprint density at radius 1 is 1.21 bits per heavy atom. The summed E-state index contributed by atoms with van der Waals surface area (Å²) < 4.78 is 35.6. The van der Waals surface area contributed by atoms with Gasteiger partial charge >= 0.3 is 6.09 Å². The molecule has 1 aliphatic rings. The lowest BCUT2D eigenvalue weighted by Crippen LogP contribution is -2.31. The Bertz CT molecular complexity index is 1000. The number of ether oxygens (including phenoxy) is 1. The first-order valence-corrected chi connectivity index (χ1v) is 10.6. The minimum Gasteiger partial charge on any atom is -0.414 e. The molecule has 1 aromatic carbocycles. The number of nitriles is 1. The number of sulfonamides is 1. The maximum atomic E-state index is 12.2. The number of carbonyl (C=O) groups excluding carboxylic acids is 1. The lowest BCUT2D eigenvalue weighted by atomic mass is 10.1. The average molecular weight is 404 g/mol. The molecule has 0 radical (unpaired) electrons. The van der Waals surface area contributed by atoms with Crippen molar-refractivity contribution in [1.82, 2.24) is 0 Å². The van der Waals surface area contributed by atoms with Crippen LogP contribution in [0.15, 0.2) is 34.7 Å². The second-order valence-corrected chi connectivity index (χ2v) is 8.15. The molecule has 1 aromatic heterocycles. The minimum absolute atomic E-state index is 0.0352. The molecule has 0 unspecified atom stereocenters. The van der Waals surface area contributed by atoms with Gasteiger partial charge in [-0.2, -0.15) is 5.26 Å². The predicted octanol–water partition coefficient (Wildman–Crippen LogP) is 3.12. The number of nitrogens with zero attached hydrogens (tertiary/aromatic N) is 2. The number of amides is 1. The average Bonchev–Trinajstić information content (AvgIpc) is 3.10. The van der Waals surface area contributed by atoms with Gasteiger partial charge in [0, 0.05) is 19.2 Å². The van der Waals surface area contributed by atoms with E-state index in [1.165, 1.54) is 12.1 Å². The van der Waals surface area contributed by atoms with Crippen LogP contribution in [-0.4, -0.2) is 33.9 Å². The third-order valence-corrected chi connectivity index (χ3v) is 4.73. The van der Waals surface area contributed by atoms with Gasteiger partial charge < -0.3 is 14.1 Å². The Kier molecular flexibility index (Phi) is 5.75. The molecule has 3 rings (SSSR count). The van der Waals surface area contributed by atoms with Gasteiger partial charge in [0.15, 0.2) is 0 Å². The van der Waals surface area contributed by atoms with Crippen LogP contribution in [-0.2, 0) is 10.0 Å². The van der Waals surface area contributed by atoms with E-state index in [0.717, 1.165) is 38.6 Å². The maximum Gasteiger partial charge on any atom is 0.419 e. The van der Waals surface area contributed by atoms with E-state index in [0.29, 0.717) is 17.1 Å². The molecule has 10 heteroatoms. The van der Waals surface area contributed by atoms with Gasteiger partial charge in [0.1, 0.15) is 6.07 Å². The molecule has 0 saturated carbocycles. The van der Waals surface area contributed by atoms with E-state index in [4.69, 9.17) is 14.4 Å². The van der Waals surface area contributed by atoms with Crippen LogP contribution in [0, 0.1) is 11.3 Å². The Labute approximate surface area is 162 Å². The third-order valence-electron chi connectivity index (χ3n) is 4.12. The van der Waals surface area contributed by atoms with Crippen molar-refractivity contribution in [3.63, 3.8) is 0 Å². The van der Waals surface area contributed by atoms with Crippen molar-refractivity contribution in [2.75, 3.05) is 34.3 Å². The van der Waals surface area contributed by atoms with Crippen LogP contribution >= 0.6 is 0 Å². The highest BCUT2D eigenvalue weighted by Gasteiger charge is 2.18. The number of nitrogens with one attached hydrogen (secondary N) is 2. The number of hydrogen-bond donors (Lipinski definition) is 2. The molecule has 0 aliphatic carbocycles. The first-order chi connectivity index (χ1) is 13.3. The van der Waals surface area contributed by atoms with Crippen molar-refractivity contribution in [2.45, 2.75) is 19.3 Å². The van der Waals surface area contributed by atoms with Crippen LogP contribution in [0.1, 0.15) is 25.0 Å². The quantitative estimate of drug-likeness (QED) is 0.784. The van der Waals surface area contributed by atoms with Gasteiger partial charge in [0.2, 0.25) is 15.8 Å². The van der Waals surface area contributed by atoms with E-state index in [2.05, 4.69) is 14.9 Å². The fraction of sp³-hybridized carbons (Fsp3) is 0.333. The fourth-order valence-corrected chi connectivity index (χ4v) is 3.53. The van der Waals surface area contributed by atoms with E-state index < -0.39 is 16.1 Å². The minimum atomic E-state index is -3.42. The lowest BCUT2D eigenvalue weighted by molar-refractivity contribution is 0.202. The molecule has 9 nitrogen and oxygen atoms in total. The summed E-state index contributed by atoms with van der Waals surface area (Å²) in [6.07, 6.45) is 3.45. The van der Waals surface area contributed by atoms with Crippen molar-refractivity contribution in [3.8, 4) is 12.0 Å². The van der Waals surface area contributed by atoms with E-state index in [-0.39, 0.29) is 11.7 Å². The second kappa shape index (κ2) is 8.22. The molecule has 2 N–H and O–H groups in total. The summed E-state index contributed by atoms with van der Waals surface area (Å²) >= 11 is 0. The summed E-state index contributed by atoms with van der Waals surface area (Å²) in [6.45, 7) is 1.60. The number of benzene rings is 1. The number of anilines is 3.